The van der Waals surface area contributed by atoms with Crippen LogP contribution in [0.15, 0.2) is 54.7 Å². The Bertz CT molecular complexity index is 911. The summed E-state index contributed by atoms with van der Waals surface area (Å²) in [5.74, 6) is 2.53. The number of anilines is 1. The van der Waals surface area contributed by atoms with Crippen LogP contribution >= 0.6 is 0 Å². The second-order valence-corrected chi connectivity index (χ2v) is 5.80. The van der Waals surface area contributed by atoms with Gasteiger partial charge in [0.05, 0.1) is 14.2 Å². The molecule has 1 aromatic heterocycles. The van der Waals surface area contributed by atoms with E-state index in [9.17, 15) is 0 Å². The predicted octanol–water partition coefficient (Wildman–Crippen LogP) is 4.00. The number of nitrogens with zero attached hydrogens (tertiary/aromatic N) is 1. The molecule has 0 fully saturated rings. The minimum Gasteiger partial charge on any atom is -0.493 e. The topological polar surface area (TPSA) is 75.8 Å². The maximum Gasteiger partial charge on any atom is 0.188 e. The number of nitrogens with two attached hydrogens (primary N) is 1. The fraction of sp³-hybridized carbons (Fsp3) is 0.190. The third-order valence-corrected chi connectivity index (χ3v) is 4.14. The zero-order valence-electron chi connectivity index (χ0n) is 15.6. The van der Waals surface area contributed by atoms with Gasteiger partial charge >= 0.3 is 0 Å². The quantitative estimate of drug-likeness (QED) is 0.637. The summed E-state index contributed by atoms with van der Waals surface area (Å²) in [6.07, 6.45) is 1.75. The lowest BCUT2D eigenvalue weighted by molar-refractivity contribution is 0.0511. The lowest BCUT2D eigenvalue weighted by Crippen LogP contribution is -1.99. The molecule has 140 valence electrons. The van der Waals surface area contributed by atoms with Crippen LogP contribution in [0.2, 0.25) is 0 Å². The van der Waals surface area contributed by atoms with Crippen molar-refractivity contribution in [2.45, 2.75) is 0 Å². The molecular formula is C21H22N2O4. The molecule has 0 aliphatic rings. The number of hydrogen-bond acceptors (Lipinski definition) is 6. The Labute approximate surface area is 158 Å². The molecule has 3 rings (SSSR count). The van der Waals surface area contributed by atoms with Crippen LogP contribution in [0.25, 0.3) is 22.3 Å². The van der Waals surface area contributed by atoms with E-state index in [0.29, 0.717) is 17.3 Å². The molecule has 0 aliphatic carbocycles. The van der Waals surface area contributed by atoms with Gasteiger partial charge in [-0.2, -0.15) is 0 Å². The van der Waals surface area contributed by atoms with Gasteiger partial charge in [0, 0.05) is 24.4 Å². The normalized spacial score (nSPS) is 10.5. The van der Waals surface area contributed by atoms with Crippen molar-refractivity contribution in [3.63, 3.8) is 0 Å². The van der Waals surface area contributed by atoms with E-state index in [1.54, 1.807) is 27.5 Å². The van der Waals surface area contributed by atoms with Crippen LogP contribution in [-0.4, -0.2) is 33.1 Å². The van der Waals surface area contributed by atoms with E-state index in [2.05, 4.69) is 4.98 Å². The second-order valence-electron chi connectivity index (χ2n) is 5.80. The molecule has 3 aromatic rings. The molecule has 0 bridgehead atoms. The highest BCUT2D eigenvalue weighted by molar-refractivity contribution is 5.80. The van der Waals surface area contributed by atoms with Gasteiger partial charge in [-0.1, -0.05) is 18.2 Å². The van der Waals surface area contributed by atoms with Crippen molar-refractivity contribution < 1.29 is 18.9 Å². The molecule has 2 N–H and O–H groups in total. The first-order valence-corrected chi connectivity index (χ1v) is 8.36. The molecule has 27 heavy (non-hydrogen) atoms. The maximum atomic E-state index is 6.11. The zero-order chi connectivity index (χ0) is 19.2. The number of nitrogen functional groups attached to an aromatic ring is 1. The molecular weight excluding hydrogens is 344 g/mol. The molecule has 0 radical (unpaired) electrons. The van der Waals surface area contributed by atoms with Crippen molar-refractivity contribution in [2.24, 2.45) is 0 Å². The number of rotatable bonds is 7. The first-order chi connectivity index (χ1) is 13.2. The monoisotopic (exact) mass is 366 g/mol. The summed E-state index contributed by atoms with van der Waals surface area (Å²) in [4.78, 5) is 4.36. The Morgan fingerprint density at radius 2 is 1.52 bits per heavy atom. The third-order valence-electron chi connectivity index (χ3n) is 4.14. The number of benzene rings is 2. The first kappa shape index (κ1) is 18.5. The van der Waals surface area contributed by atoms with Gasteiger partial charge in [0.1, 0.15) is 11.6 Å². The van der Waals surface area contributed by atoms with Gasteiger partial charge in [-0.15, -0.1) is 0 Å². The van der Waals surface area contributed by atoms with Crippen molar-refractivity contribution in [2.75, 3.05) is 33.9 Å². The molecule has 0 amide bonds. The fourth-order valence-electron chi connectivity index (χ4n) is 2.74. The van der Waals surface area contributed by atoms with Gasteiger partial charge in [-0.05, 0) is 41.5 Å². The standard InChI is InChI=1S/C21H22N2O4/c1-24-13-27-17-7-4-14(5-8-17)18-10-16(12-23-21(18)22)15-6-9-19(25-2)20(11-15)26-3/h4-12H,13H2,1-3H3,(H2,22,23). The third kappa shape index (κ3) is 4.12. The number of pyridine rings is 1. The first-order valence-electron chi connectivity index (χ1n) is 8.36. The van der Waals surface area contributed by atoms with E-state index in [-0.39, 0.29) is 6.79 Å². The van der Waals surface area contributed by atoms with E-state index in [1.807, 2.05) is 48.5 Å². The van der Waals surface area contributed by atoms with E-state index < -0.39 is 0 Å². The summed E-state index contributed by atoms with van der Waals surface area (Å²) in [7, 11) is 4.81. The molecule has 0 spiro atoms. The van der Waals surface area contributed by atoms with Crippen LogP contribution < -0.4 is 19.9 Å². The highest BCUT2D eigenvalue weighted by Crippen LogP contribution is 2.35. The van der Waals surface area contributed by atoms with E-state index in [1.165, 1.54) is 0 Å². The molecule has 2 aromatic carbocycles. The van der Waals surface area contributed by atoms with Gasteiger partial charge in [-0.25, -0.2) is 4.98 Å². The Balaban J connectivity index is 1.95. The second kappa shape index (κ2) is 8.42. The van der Waals surface area contributed by atoms with Gasteiger partial charge < -0.3 is 24.7 Å². The van der Waals surface area contributed by atoms with Gasteiger partial charge in [-0.3, -0.25) is 0 Å². The molecule has 0 atom stereocenters. The van der Waals surface area contributed by atoms with Gasteiger partial charge in [0.15, 0.2) is 18.3 Å². The van der Waals surface area contributed by atoms with Crippen LogP contribution in [0.5, 0.6) is 17.2 Å². The molecule has 0 aliphatic heterocycles. The summed E-state index contributed by atoms with van der Waals surface area (Å²) in [6, 6.07) is 15.4. The average molecular weight is 366 g/mol. The molecule has 0 saturated heterocycles. The zero-order valence-corrected chi connectivity index (χ0v) is 15.6. The number of ether oxygens (including phenoxy) is 4. The van der Waals surface area contributed by atoms with Crippen molar-refractivity contribution in [3.05, 3.63) is 54.7 Å². The largest absolute Gasteiger partial charge is 0.493 e. The smallest absolute Gasteiger partial charge is 0.188 e. The van der Waals surface area contributed by atoms with Gasteiger partial charge in [0.2, 0.25) is 0 Å². The van der Waals surface area contributed by atoms with Crippen LogP contribution in [0.4, 0.5) is 5.82 Å². The van der Waals surface area contributed by atoms with Crippen molar-refractivity contribution >= 4 is 5.82 Å². The molecule has 0 unspecified atom stereocenters. The Morgan fingerprint density at radius 1 is 0.815 bits per heavy atom. The molecule has 6 nitrogen and oxygen atoms in total. The van der Waals surface area contributed by atoms with E-state index in [4.69, 9.17) is 24.7 Å². The van der Waals surface area contributed by atoms with Crippen LogP contribution in [-0.2, 0) is 4.74 Å². The van der Waals surface area contributed by atoms with Gasteiger partial charge in [0.25, 0.3) is 0 Å². The summed E-state index contributed by atoms with van der Waals surface area (Å²) < 4.78 is 21.0. The Hall–Kier alpha value is -3.25. The summed E-state index contributed by atoms with van der Waals surface area (Å²) in [5.41, 5.74) is 9.80. The molecule has 6 heteroatoms. The summed E-state index contributed by atoms with van der Waals surface area (Å²) in [6.45, 7) is 0.206. The highest BCUT2D eigenvalue weighted by Gasteiger charge is 2.10. The summed E-state index contributed by atoms with van der Waals surface area (Å²) >= 11 is 0. The Morgan fingerprint density at radius 3 is 2.19 bits per heavy atom. The minimum absolute atomic E-state index is 0.206. The Kier molecular flexibility index (Phi) is 5.78. The van der Waals surface area contributed by atoms with Crippen LogP contribution in [0.1, 0.15) is 0 Å². The molecule has 0 saturated carbocycles. The van der Waals surface area contributed by atoms with Crippen molar-refractivity contribution in [3.8, 4) is 39.5 Å². The predicted molar refractivity (Wildman–Crippen MR) is 105 cm³/mol. The lowest BCUT2D eigenvalue weighted by atomic mass is 10.0. The minimum atomic E-state index is 0.206. The SMILES string of the molecule is COCOc1ccc(-c2cc(-c3ccc(OC)c(OC)c3)cnc2N)cc1. The highest BCUT2D eigenvalue weighted by atomic mass is 16.7. The molecule has 1 heterocycles. The number of hydrogen-bond donors (Lipinski definition) is 1. The van der Waals surface area contributed by atoms with E-state index in [0.717, 1.165) is 28.0 Å². The van der Waals surface area contributed by atoms with Crippen molar-refractivity contribution in [1.82, 2.24) is 4.98 Å². The summed E-state index contributed by atoms with van der Waals surface area (Å²) in [5, 5.41) is 0. The lowest BCUT2D eigenvalue weighted by Gasteiger charge is -2.12. The fourth-order valence-corrected chi connectivity index (χ4v) is 2.74. The van der Waals surface area contributed by atoms with Crippen LogP contribution in [0.3, 0.4) is 0 Å². The number of methoxy groups -OCH3 is 3. The van der Waals surface area contributed by atoms with Crippen LogP contribution in [0, 0.1) is 0 Å². The number of aromatic nitrogens is 1. The van der Waals surface area contributed by atoms with Crippen molar-refractivity contribution in [1.29, 1.82) is 0 Å². The van der Waals surface area contributed by atoms with E-state index >= 15 is 0 Å². The average Bonchev–Trinajstić information content (AvgIpc) is 2.72. The maximum absolute atomic E-state index is 6.11.